The lowest BCUT2D eigenvalue weighted by Gasteiger charge is -2.38. The first kappa shape index (κ1) is 42.2. The summed E-state index contributed by atoms with van der Waals surface area (Å²) < 4.78 is 25.5. The lowest BCUT2D eigenvalue weighted by atomic mass is 9.84. The third-order valence-corrected chi connectivity index (χ3v) is 16.3. The largest absolute Gasteiger partial charge is 0.479 e. The van der Waals surface area contributed by atoms with E-state index in [-0.39, 0.29) is 41.3 Å². The molecule has 1 N–H and O–H groups in total. The van der Waals surface area contributed by atoms with Crippen LogP contribution in [-0.2, 0) is 23.4 Å². The Balaban J connectivity index is 1.45. The van der Waals surface area contributed by atoms with Crippen molar-refractivity contribution in [3.8, 4) is 11.1 Å². The van der Waals surface area contributed by atoms with E-state index < -0.39 is 20.4 Å². The van der Waals surface area contributed by atoms with Gasteiger partial charge in [0.2, 0.25) is 0 Å². The normalized spacial score (nSPS) is 23.0. The molecule has 8 heteroatoms. The van der Waals surface area contributed by atoms with Gasteiger partial charge in [-0.2, -0.15) is 0 Å². The fraction of sp³-hybridized carbons (Fsp3) is 0.682. The van der Waals surface area contributed by atoms with E-state index in [9.17, 15) is 14.7 Å². The molecule has 1 aliphatic carbocycles. The summed E-state index contributed by atoms with van der Waals surface area (Å²) in [5.74, 6) is -0.693. The van der Waals surface area contributed by atoms with Gasteiger partial charge in [0.25, 0.3) is 0 Å². The van der Waals surface area contributed by atoms with Gasteiger partial charge in [-0.3, -0.25) is 0 Å². The molecule has 52 heavy (non-hydrogen) atoms. The Labute approximate surface area is 315 Å². The fourth-order valence-electron chi connectivity index (χ4n) is 7.68. The molecule has 2 aromatic rings. The van der Waals surface area contributed by atoms with Crippen LogP contribution in [0, 0.1) is 11.8 Å². The molecule has 0 aromatic heterocycles. The third-order valence-electron chi connectivity index (χ3n) is 11.8. The van der Waals surface area contributed by atoms with Crippen LogP contribution in [0.1, 0.15) is 141 Å². The van der Waals surface area contributed by atoms with Crippen molar-refractivity contribution in [3.63, 3.8) is 0 Å². The number of ether oxygens (including phenoxy) is 3. The first-order valence-corrected chi connectivity index (χ1v) is 23.3. The van der Waals surface area contributed by atoms with Crippen LogP contribution in [-0.4, -0.2) is 56.6 Å². The number of carboxylic acids is 1. The standard InChI is InChI=1S/C44H68O7Si/c1-7-8-9-10-11-16-23-36-37(24-17-13-18-25-38(42(45)46)51-52(5,6)44(2,3)4)40(32-39(36)49-41-26-19-20-31-48-41)50-43(47)35-29-27-34(28-30-35)33-21-14-12-15-22-33/h12,14-15,21-22,27-30,36-41H,7-11,13,16-20,23-26,31-32H2,1-6H3,(H,45,46)/t36-,37-,38?,39?,40+,41?/m1/s1. The zero-order valence-electron chi connectivity index (χ0n) is 33.1. The monoisotopic (exact) mass is 736 g/mol. The van der Waals surface area contributed by atoms with Crippen LogP contribution >= 0.6 is 0 Å². The number of carbonyl (C=O) groups excluding carboxylic acids is 1. The molecule has 0 spiro atoms. The van der Waals surface area contributed by atoms with Crippen molar-refractivity contribution in [2.24, 2.45) is 11.8 Å². The summed E-state index contributed by atoms with van der Waals surface area (Å²) in [6.07, 6.45) is 15.0. The van der Waals surface area contributed by atoms with E-state index in [4.69, 9.17) is 18.6 Å². The van der Waals surface area contributed by atoms with Crippen LogP contribution < -0.4 is 0 Å². The number of carbonyl (C=O) groups is 2. The predicted molar refractivity (Wildman–Crippen MR) is 212 cm³/mol. The van der Waals surface area contributed by atoms with Crippen LogP contribution in [0.5, 0.6) is 0 Å². The predicted octanol–water partition coefficient (Wildman–Crippen LogP) is 11.6. The molecule has 6 atom stereocenters. The molecule has 4 rings (SSSR count). The van der Waals surface area contributed by atoms with Gasteiger partial charge >= 0.3 is 11.9 Å². The van der Waals surface area contributed by atoms with E-state index in [1.54, 1.807) is 0 Å². The van der Waals surface area contributed by atoms with Gasteiger partial charge in [-0.25, -0.2) is 9.59 Å². The molecule has 2 aromatic carbocycles. The van der Waals surface area contributed by atoms with Crippen molar-refractivity contribution >= 4 is 20.3 Å². The summed E-state index contributed by atoms with van der Waals surface area (Å²) in [5, 5.41) is 9.94. The summed E-state index contributed by atoms with van der Waals surface area (Å²) in [6.45, 7) is 13.6. The number of hydrogen-bond donors (Lipinski definition) is 1. The van der Waals surface area contributed by atoms with Gasteiger partial charge in [0.15, 0.2) is 14.6 Å². The minimum Gasteiger partial charge on any atom is -0.479 e. The summed E-state index contributed by atoms with van der Waals surface area (Å²) in [5.41, 5.74) is 2.74. The summed E-state index contributed by atoms with van der Waals surface area (Å²) in [7, 11) is -2.21. The SMILES string of the molecule is CCCCCCCC[C@H]1C(OC2CCCCO2)C[C@H](OC(=O)c2ccc(-c3ccccc3)cc2)[C@@H]1CCCCCC(O[Si](C)(C)C(C)(C)C)C(=O)O. The van der Waals surface area contributed by atoms with Crippen molar-refractivity contribution in [2.75, 3.05) is 6.61 Å². The van der Waals surface area contributed by atoms with Crippen molar-refractivity contribution in [2.45, 2.75) is 173 Å². The summed E-state index contributed by atoms with van der Waals surface area (Å²) >= 11 is 0. The van der Waals surface area contributed by atoms with Gasteiger partial charge in [-0.1, -0.05) is 128 Å². The second kappa shape index (κ2) is 20.8. The van der Waals surface area contributed by atoms with Crippen LogP contribution in [0.4, 0.5) is 0 Å². The minimum absolute atomic E-state index is 0.0172. The number of hydrogen-bond acceptors (Lipinski definition) is 6. The summed E-state index contributed by atoms with van der Waals surface area (Å²) in [6, 6.07) is 17.9. The number of carboxylic acid groups (broad SMARTS) is 1. The lowest BCUT2D eigenvalue weighted by Crippen LogP contribution is -2.46. The second-order valence-electron chi connectivity index (χ2n) is 16.8. The summed E-state index contributed by atoms with van der Waals surface area (Å²) in [4.78, 5) is 25.9. The molecule has 0 radical (unpaired) electrons. The number of benzene rings is 2. The first-order chi connectivity index (χ1) is 24.9. The number of rotatable bonds is 21. The molecule has 1 saturated carbocycles. The van der Waals surface area contributed by atoms with Crippen LogP contribution in [0.3, 0.4) is 0 Å². The quantitative estimate of drug-likeness (QED) is 0.0775. The van der Waals surface area contributed by atoms with Gasteiger partial charge in [0.05, 0.1) is 11.7 Å². The lowest BCUT2D eigenvalue weighted by molar-refractivity contribution is -0.196. The van der Waals surface area contributed by atoms with Gasteiger partial charge in [0.1, 0.15) is 12.2 Å². The highest BCUT2D eigenvalue weighted by Crippen LogP contribution is 2.44. The molecule has 290 valence electrons. The molecular formula is C44H68O7Si. The average Bonchev–Trinajstić information content (AvgIpc) is 3.43. The van der Waals surface area contributed by atoms with Crippen LogP contribution in [0.15, 0.2) is 54.6 Å². The Hall–Kier alpha value is -2.52. The molecular weight excluding hydrogens is 669 g/mol. The maximum Gasteiger partial charge on any atom is 0.338 e. The molecule has 1 heterocycles. The Kier molecular flexibility index (Phi) is 16.9. The molecule has 1 aliphatic heterocycles. The second-order valence-corrected chi connectivity index (χ2v) is 21.6. The van der Waals surface area contributed by atoms with Crippen molar-refractivity contribution < 1.29 is 33.3 Å². The number of aliphatic carboxylic acids is 1. The third kappa shape index (κ3) is 12.8. The number of esters is 1. The van der Waals surface area contributed by atoms with Crippen LogP contribution in [0.2, 0.25) is 18.1 Å². The van der Waals surface area contributed by atoms with E-state index >= 15 is 0 Å². The molecule has 0 bridgehead atoms. The Morgan fingerprint density at radius 1 is 0.827 bits per heavy atom. The number of unbranched alkanes of at least 4 members (excludes halogenated alkanes) is 7. The Bertz CT molecular complexity index is 1330. The van der Waals surface area contributed by atoms with Crippen molar-refractivity contribution in [1.82, 2.24) is 0 Å². The topological polar surface area (TPSA) is 91.3 Å². The van der Waals surface area contributed by atoms with Crippen molar-refractivity contribution in [3.05, 3.63) is 60.2 Å². The zero-order chi connectivity index (χ0) is 37.6. The van der Waals surface area contributed by atoms with Crippen LogP contribution in [0.25, 0.3) is 11.1 Å². The van der Waals surface area contributed by atoms with Gasteiger partial charge in [-0.15, -0.1) is 0 Å². The van der Waals surface area contributed by atoms with E-state index in [2.05, 4.69) is 52.9 Å². The van der Waals surface area contributed by atoms with Gasteiger partial charge in [0, 0.05) is 18.9 Å². The maximum atomic E-state index is 13.7. The minimum atomic E-state index is -2.21. The van der Waals surface area contributed by atoms with E-state index in [1.807, 2.05) is 42.5 Å². The fourth-order valence-corrected chi connectivity index (χ4v) is 8.97. The smallest absolute Gasteiger partial charge is 0.338 e. The molecule has 3 unspecified atom stereocenters. The molecule has 1 saturated heterocycles. The molecule has 2 aliphatic rings. The van der Waals surface area contributed by atoms with E-state index in [0.717, 1.165) is 75.5 Å². The molecule has 7 nitrogen and oxygen atoms in total. The molecule has 2 fully saturated rings. The maximum absolute atomic E-state index is 13.7. The van der Waals surface area contributed by atoms with E-state index in [0.29, 0.717) is 18.4 Å². The van der Waals surface area contributed by atoms with E-state index in [1.165, 1.54) is 32.1 Å². The highest BCUT2D eigenvalue weighted by Gasteiger charge is 2.46. The highest BCUT2D eigenvalue weighted by atomic mass is 28.4. The highest BCUT2D eigenvalue weighted by molar-refractivity contribution is 6.74. The van der Waals surface area contributed by atoms with Gasteiger partial charge < -0.3 is 23.7 Å². The Morgan fingerprint density at radius 3 is 2.06 bits per heavy atom. The Morgan fingerprint density at radius 2 is 1.44 bits per heavy atom. The van der Waals surface area contributed by atoms with Crippen molar-refractivity contribution in [1.29, 1.82) is 0 Å². The average molecular weight is 737 g/mol. The molecule has 0 amide bonds. The first-order valence-electron chi connectivity index (χ1n) is 20.4. The zero-order valence-corrected chi connectivity index (χ0v) is 34.1. The van der Waals surface area contributed by atoms with Gasteiger partial charge in [-0.05, 0) is 85.8 Å².